The van der Waals surface area contributed by atoms with E-state index < -0.39 is 18.1 Å². The molecule has 0 aromatic heterocycles. The Bertz CT molecular complexity index is 443. The Morgan fingerprint density at radius 1 is 1.28 bits per heavy atom. The molecule has 0 bridgehead atoms. The van der Waals surface area contributed by atoms with Crippen molar-refractivity contribution in [1.82, 2.24) is 0 Å². The van der Waals surface area contributed by atoms with E-state index in [1.807, 2.05) is 0 Å². The molecule has 0 aliphatic rings. The van der Waals surface area contributed by atoms with Crippen molar-refractivity contribution >= 4 is 11.5 Å². The van der Waals surface area contributed by atoms with E-state index in [-0.39, 0.29) is 5.70 Å². The van der Waals surface area contributed by atoms with Crippen LogP contribution in [0.3, 0.4) is 0 Å². The lowest BCUT2D eigenvalue weighted by Gasteiger charge is -2.12. The second kappa shape index (κ2) is 5.66. The Morgan fingerprint density at radius 3 is 2.33 bits per heavy atom. The fourth-order valence-electron chi connectivity index (χ4n) is 1.19. The van der Waals surface area contributed by atoms with E-state index in [2.05, 4.69) is 5.32 Å². The minimum atomic E-state index is -4.65. The summed E-state index contributed by atoms with van der Waals surface area (Å²) in [5.74, 6) is -6.57. The lowest BCUT2D eigenvalue weighted by molar-refractivity contribution is -0.161. The summed E-state index contributed by atoms with van der Waals surface area (Å²) in [6.45, 7) is 1.34. The fraction of sp³-hybridized carbons (Fsp3) is 0.250. The van der Waals surface area contributed by atoms with Crippen LogP contribution in [0.1, 0.15) is 6.92 Å². The minimum absolute atomic E-state index is 0.0616. The predicted molar refractivity (Wildman–Crippen MR) is 59.8 cm³/mol. The quantitative estimate of drug-likeness (QED) is 0.649. The maximum Gasteiger partial charge on any atom is 0.368 e. The first kappa shape index (κ1) is 14.2. The van der Waals surface area contributed by atoms with Crippen LogP contribution in [0.2, 0.25) is 0 Å². The molecule has 0 aliphatic heterocycles. The first-order valence-corrected chi connectivity index (χ1v) is 5.05. The van der Waals surface area contributed by atoms with Crippen LogP contribution in [0.4, 0.5) is 23.2 Å². The van der Waals surface area contributed by atoms with Crippen molar-refractivity contribution < 1.29 is 22.4 Å². The molecule has 6 heteroatoms. The SMILES string of the molecule is C/C(=C/C(=O)C(F)(F)C(F)F)Nc1ccccc1. The summed E-state index contributed by atoms with van der Waals surface area (Å²) in [4.78, 5) is 11.0. The Morgan fingerprint density at radius 2 is 1.83 bits per heavy atom. The molecule has 0 spiro atoms. The molecule has 0 saturated carbocycles. The summed E-state index contributed by atoms with van der Waals surface area (Å²) in [5, 5.41) is 2.65. The number of benzene rings is 1. The van der Waals surface area contributed by atoms with E-state index >= 15 is 0 Å². The highest BCUT2D eigenvalue weighted by Crippen LogP contribution is 2.24. The second-order valence-electron chi connectivity index (χ2n) is 3.61. The van der Waals surface area contributed by atoms with Gasteiger partial charge in [-0.05, 0) is 19.1 Å². The number of rotatable bonds is 5. The average molecular weight is 261 g/mol. The van der Waals surface area contributed by atoms with Gasteiger partial charge >= 0.3 is 12.3 Å². The lowest BCUT2D eigenvalue weighted by atomic mass is 10.2. The van der Waals surface area contributed by atoms with Gasteiger partial charge in [-0.2, -0.15) is 8.78 Å². The maximum absolute atomic E-state index is 12.7. The van der Waals surface area contributed by atoms with E-state index in [9.17, 15) is 22.4 Å². The third-order valence-electron chi connectivity index (χ3n) is 2.07. The van der Waals surface area contributed by atoms with E-state index in [4.69, 9.17) is 0 Å². The summed E-state index contributed by atoms with van der Waals surface area (Å²) in [7, 11) is 0. The normalized spacial score (nSPS) is 12.7. The average Bonchev–Trinajstić information content (AvgIpc) is 2.29. The zero-order valence-electron chi connectivity index (χ0n) is 9.46. The Hall–Kier alpha value is -1.85. The summed E-state index contributed by atoms with van der Waals surface area (Å²) < 4.78 is 49.2. The molecule has 0 aliphatic carbocycles. The van der Waals surface area contributed by atoms with E-state index in [1.54, 1.807) is 30.3 Å². The van der Waals surface area contributed by atoms with Gasteiger partial charge in [0.15, 0.2) is 0 Å². The highest BCUT2D eigenvalue weighted by atomic mass is 19.3. The number of ketones is 1. The van der Waals surface area contributed by atoms with Crippen LogP contribution in [0.5, 0.6) is 0 Å². The van der Waals surface area contributed by atoms with E-state index in [1.165, 1.54) is 6.92 Å². The third-order valence-corrected chi connectivity index (χ3v) is 2.07. The van der Waals surface area contributed by atoms with Gasteiger partial charge in [-0.15, -0.1) is 0 Å². The number of alkyl halides is 4. The van der Waals surface area contributed by atoms with Gasteiger partial charge in [-0.25, -0.2) is 8.78 Å². The number of allylic oxidation sites excluding steroid dienone is 2. The van der Waals surface area contributed by atoms with Crippen LogP contribution in [0.25, 0.3) is 0 Å². The highest BCUT2D eigenvalue weighted by Gasteiger charge is 2.47. The number of anilines is 1. The smallest absolute Gasteiger partial charge is 0.359 e. The molecular formula is C12H11F4NO. The predicted octanol–water partition coefficient (Wildman–Crippen LogP) is 3.47. The number of carbonyl (C=O) groups is 1. The van der Waals surface area contributed by atoms with Crippen LogP contribution in [-0.4, -0.2) is 18.1 Å². The molecule has 18 heavy (non-hydrogen) atoms. The van der Waals surface area contributed by atoms with Gasteiger partial charge in [0.25, 0.3) is 0 Å². The summed E-state index contributed by atoms with van der Waals surface area (Å²) >= 11 is 0. The van der Waals surface area contributed by atoms with Gasteiger partial charge in [0, 0.05) is 17.5 Å². The number of hydrogen-bond acceptors (Lipinski definition) is 2. The van der Waals surface area contributed by atoms with Crippen LogP contribution >= 0.6 is 0 Å². The Balaban J connectivity index is 2.76. The summed E-state index contributed by atoms with van der Waals surface area (Å²) in [6, 6.07) is 8.44. The van der Waals surface area contributed by atoms with Crippen molar-refractivity contribution in [3.63, 3.8) is 0 Å². The summed E-state index contributed by atoms with van der Waals surface area (Å²) in [5.41, 5.74) is 0.630. The van der Waals surface area contributed by atoms with Crippen LogP contribution in [-0.2, 0) is 4.79 Å². The number of halogens is 4. The second-order valence-corrected chi connectivity index (χ2v) is 3.61. The van der Waals surface area contributed by atoms with Crippen LogP contribution in [0, 0.1) is 0 Å². The van der Waals surface area contributed by atoms with E-state index in [0.29, 0.717) is 11.8 Å². The zero-order chi connectivity index (χ0) is 13.8. The monoisotopic (exact) mass is 261 g/mol. The van der Waals surface area contributed by atoms with Crippen molar-refractivity contribution in [2.24, 2.45) is 0 Å². The first-order chi connectivity index (χ1) is 8.34. The number of para-hydroxylation sites is 1. The zero-order valence-corrected chi connectivity index (χ0v) is 9.46. The van der Waals surface area contributed by atoms with Crippen LogP contribution < -0.4 is 5.32 Å². The largest absolute Gasteiger partial charge is 0.368 e. The highest BCUT2D eigenvalue weighted by molar-refractivity contribution is 5.96. The molecule has 1 rings (SSSR count). The lowest BCUT2D eigenvalue weighted by Crippen LogP contribution is -2.35. The van der Waals surface area contributed by atoms with Gasteiger partial charge < -0.3 is 5.32 Å². The van der Waals surface area contributed by atoms with E-state index in [0.717, 1.165) is 0 Å². The van der Waals surface area contributed by atoms with Crippen molar-refractivity contribution in [2.45, 2.75) is 19.3 Å². The van der Waals surface area contributed by atoms with Crippen molar-refractivity contribution in [1.29, 1.82) is 0 Å². The Kier molecular flexibility index (Phi) is 4.47. The number of hydrogen-bond donors (Lipinski definition) is 1. The van der Waals surface area contributed by atoms with Crippen molar-refractivity contribution in [2.75, 3.05) is 5.32 Å². The number of carbonyl (C=O) groups excluding carboxylic acids is 1. The van der Waals surface area contributed by atoms with Crippen molar-refractivity contribution in [3.8, 4) is 0 Å². The molecule has 0 radical (unpaired) electrons. The Labute approximate surface area is 101 Å². The molecule has 0 fully saturated rings. The van der Waals surface area contributed by atoms with Gasteiger partial charge in [-0.3, -0.25) is 4.79 Å². The fourth-order valence-corrected chi connectivity index (χ4v) is 1.19. The van der Waals surface area contributed by atoms with Gasteiger partial charge in [0.1, 0.15) is 0 Å². The van der Waals surface area contributed by atoms with Gasteiger partial charge in [-0.1, -0.05) is 18.2 Å². The topological polar surface area (TPSA) is 29.1 Å². The number of nitrogens with one attached hydrogen (secondary N) is 1. The standard InChI is InChI=1S/C12H11F4NO/c1-8(17-9-5-3-2-4-6-9)7-10(18)12(15,16)11(13)14/h2-7,11,17H,1H3/b8-7-. The molecule has 1 aromatic rings. The molecule has 0 amide bonds. The maximum atomic E-state index is 12.7. The molecule has 2 nitrogen and oxygen atoms in total. The molecule has 98 valence electrons. The summed E-state index contributed by atoms with van der Waals surface area (Å²) in [6.07, 6.45) is -3.54. The molecular weight excluding hydrogens is 250 g/mol. The first-order valence-electron chi connectivity index (χ1n) is 5.05. The minimum Gasteiger partial charge on any atom is -0.359 e. The van der Waals surface area contributed by atoms with Gasteiger partial charge in [0.2, 0.25) is 5.78 Å². The molecule has 0 atom stereocenters. The van der Waals surface area contributed by atoms with Crippen LogP contribution in [0.15, 0.2) is 42.1 Å². The molecule has 1 N–H and O–H groups in total. The third kappa shape index (κ3) is 3.58. The van der Waals surface area contributed by atoms with Crippen molar-refractivity contribution in [3.05, 3.63) is 42.1 Å². The molecule has 0 saturated heterocycles. The molecule has 0 unspecified atom stereocenters. The molecule has 1 aromatic carbocycles. The van der Waals surface area contributed by atoms with Gasteiger partial charge in [0.05, 0.1) is 0 Å². The molecule has 0 heterocycles.